The van der Waals surface area contributed by atoms with Crippen molar-refractivity contribution in [1.82, 2.24) is 4.90 Å². The van der Waals surface area contributed by atoms with Gasteiger partial charge in [0.1, 0.15) is 16.9 Å². The molecule has 1 fully saturated rings. The fourth-order valence-electron chi connectivity index (χ4n) is 2.95. The van der Waals surface area contributed by atoms with Crippen LogP contribution in [0.2, 0.25) is 5.02 Å². The van der Waals surface area contributed by atoms with Gasteiger partial charge in [0.25, 0.3) is 0 Å². The SMILES string of the molecule is CCCN1CCC(O)(c2cc3cc(Cl)ccc3o2)CC1. The smallest absolute Gasteiger partial charge is 0.136 e. The van der Waals surface area contributed by atoms with Crippen molar-refractivity contribution < 1.29 is 9.52 Å². The minimum absolute atomic E-state index is 0.672. The number of rotatable bonds is 3. The van der Waals surface area contributed by atoms with Crippen molar-refractivity contribution in [1.29, 1.82) is 0 Å². The summed E-state index contributed by atoms with van der Waals surface area (Å²) in [6.45, 7) is 5.12. The molecule has 1 N–H and O–H groups in total. The molecular formula is C16H20ClNO2. The van der Waals surface area contributed by atoms with Crippen LogP contribution in [-0.4, -0.2) is 29.6 Å². The number of likely N-dealkylation sites (tertiary alicyclic amines) is 1. The van der Waals surface area contributed by atoms with Crippen LogP contribution in [0, 0.1) is 0 Å². The van der Waals surface area contributed by atoms with E-state index in [9.17, 15) is 5.11 Å². The molecule has 4 heteroatoms. The van der Waals surface area contributed by atoms with Crippen molar-refractivity contribution in [3.63, 3.8) is 0 Å². The number of hydrogen-bond acceptors (Lipinski definition) is 3. The van der Waals surface area contributed by atoms with Crippen LogP contribution in [0.4, 0.5) is 0 Å². The summed E-state index contributed by atoms with van der Waals surface area (Å²) in [5.41, 5.74) is -0.0516. The van der Waals surface area contributed by atoms with Crippen LogP contribution in [-0.2, 0) is 5.60 Å². The van der Waals surface area contributed by atoms with Crippen molar-refractivity contribution in [3.8, 4) is 0 Å². The maximum atomic E-state index is 10.8. The molecule has 20 heavy (non-hydrogen) atoms. The monoisotopic (exact) mass is 293 g/mol. The van der Waals surface area contributed by atoms with Gasteiger partial charge in [0.2, 0.25) is 0 Å². The average molecular weight is 294 g/mol. The molecule has 1 aromatic carbocycles. The highest BCUT2D eigenvalue weighted by molar-refractivity contribution is 6.31. The number of halogens is 1. The molecular weight excluding hydrogens is 274 g/mol. The van der Waals surface area contributed by atoms with Gasteiger partial charge in [0.05, 0.1) is 0 Å². The number of aliphatic hydroxyl groups is 1. The van der Waals surface area contributed by atoms with Crippen molar-refractivity contribution in [2.75, 3.05) is 19.6 Å². The Bertz CT molecular complexity index is 600. The normalized spacial score (nSPS) is 19.6. The van der Waals surface area contributed by atoms with Crippen LogP contribution in [0.3, 0.4) is 0 Å². The van der Waals surface area contributed by atoms with E-state index in [-0.39, 0.29) is 0 Å². The Balaban J connectivity index is 1.83. The van der Waals surface area contributed by atoms with Gasteiger partial charge in [-0.15, -0.1) is 0 Å². The maximum Gasteiger partial charge on any atom is 0.136 e. The van der Waals surface area contributed by atoms with Crippen LogP contribution in [0.5, 0.6) is 0 Å². The van der Waals surface area contributed by atoms with Crippen molar-refractivity contribution in [2.24, 2.45) is 0 Å². The predicted octanol–water partition coefficient (Wildman–Crippen LogP) is 3.78. The van der Waals surface area contributed by atoms with Crippen molar-refractivity contribution >= 4 is 22.6 Å². The molecule has 2 aromatic rings. The van der Waals surface area contributed by atoms with Crippen LogP contribution < -0.4 is 0 Å². The zero-order chi connectivity index (χ0) is 14.2. The van der Waals surface area contributed by atoms with E-state index < -0.39 is 5.60 Å². The topological polar surface area (TPSA) is 36.6 Å². The van der Waals surface area contributed by atoms with Crippen LogP contribution in [0.15, 0.2) is 28.7 Å². The van der Waals surface area contributed by atoms with Gasteiger partial charge in [-0.25, -0.2) is 0 Å². The molecule has 0 unspecified atom stereocenters. The van der Waals surface area contributed by atoms with E-state index in [0.29, 0.717) is 10.8 Å². The number of nitrogens with zero attached hydrogens (tertiary/aromatic N) is 1. The molecule has 1 aliphatic heterocycles. The highest BCUT2D eigenvalue weighted by Gasteiger charge is 2.36. The lowest BCUT2D eigenvalue weighted by Crippen LogP contribution is -2.42. The standard InChI is InChI=1S/C16H20ClNO2/c1-2-7-18-8-5-16(19,6-9-18)15-11-12-10-13(17)3-4-14(12)20-15/h3-4,10-11,19H,2,5-9H2,1H3. The Labute approximate surface area is 124 Å². The zero-order valence-electron chi connectivity index (χ0n) is 11.7. The van der Waals surface area contributed by atoms with Crippen molar-refractivity contribution in [3.05, 3.63) is 35.0 Å². The van der Waals surface area contributed by atoms with Crippen LogP contribution >= 0.6 is 11.6 Å². The van der Waals surface area contributed by atoms with Crippen LogP contribution in [0.25, 0.3) is 11.0 Å². The molecule has 1 aliphatic rings. The van der Waals surface area contributed by atoms with E-state index in [4.69, 9.17) is 16.0 Å². The summed E-state index contributed by atoms with van der Waals surface area (Å²) in [5.74, 6) is 0.672. The fraction of sp³-hybridized carbons (Fsp3) is 0.500. The van der Waals surface area contributed by atoms with E-state index in [0.717, 1.165) is 49.9 Å². The zero-order valence-corrected chi connectivity index (χ0v) is 12.5. The van der Waals surface area contributed by atoms with Crippen molar-refractivity contribution in [2.45, 2.75) is 31.8 Å². The first kappa shape index (κ1) is 13.9. The number of benzene rings is 1. The molecule has 0 saturated carbocycles. The summed E-state index contributed by atoms with van der Waals surface area (Å²) in [6.07, 6.45) is 2.60. The lowest BCUT2D eigenvalue weighted by molar-refractivity contribution is -0.0409. The second kappa shape index (κ2) is 5.40. The van der Waals surface area contributed by atoms with Crippen LogP contribution in [0.1, 0.15) is 31.9 Å². The third-order valence-electron chi connectivity index (χ3n) is 4.16. The minimum atomic E-state index is -0.838. The summed E-state index contributed by atoms with van der Waals surface area (Å²) in [7, 11) is 0. The van der Waals surface area contributed by atoms with Gasteiger partial charge in [-0.1, -0.05) is 18.5 Å². The molecule has 3 rings (SSSR count). The molecule has 0 atom stereocenters. The Hall–Kier alpha value is -1.03. The molecule has 1 saturated heterocycles. The maximum absolute atomic E-state index is 10.8. The Morgan fingerprint density at radius 2 is 2.05 bits per heavy atom. The van der Waals surface area contributed by atoms with E-state index in [1.807, 2.05) is 24.3 Å². The Morgan fingerprint density at radius 1 is 1.30 bits per heavy atom. The van der Waals surface area contributed by atoms with Gasteiger partial charge >= 0.3 is 0 Å². The quantitative estimate of drug-likeness (QED) is 0.935. The summed E-state index contributed by atoms with van der Waals surface area (Å²) < 4.78 is 5.83. The summed E-state index contributed by atoms with van der Waals surface area (Å²) in [4.78, 5) is 2.40. The fourth-order valence-corrected chi connectivity index (χ4v) is 3.13. The summed E-state index contributed by atoms with van der Waals surface area (Å²) in [6, 6.07) is 7.47. The second-order valence-corrected chi connectivity index (χ2v) is 6.10. The molecule has 0 amide bonds. The average Bonchev–Trinajstić information content (AvgIpc) is 2.85. The third kappa shape index (κ3) is 2.58. The summed E-state index contributed by atoms with van der Waals surface area (Å²) >= 11 is 5.99. The number of furan rings is 1. The summed E-state index contributed by atoms with van der Waals surface area (Å²) in [5, 5.41) is 12.5. The molecule has 3 nitrogen and oxygen atoms in total. The molecule has 0 radical (unpaired) electrons. The molecule has 2 heterocycles. The first-order chi connectivity index (χ1) is 9.60. The van der Waals surface area contributed by atoms with Gasteiger partial charge in [-0.3, -0.25) is 0 Å². The molecule has 108 valence electrons. The molecule has 0 spiro atoms. The van der Waals surface area contributed by atoms with E-state index >= 15 is 0 Å². The first-order valence-electron chi connectivity index (χ1n) is 7.25. The van der Waals surface area contributed by atoms with Gasteiger partial charge in [0, 0.05) is 23.5 Å². The molecule has 0 aliphatic carbocycles. The lowest BCUT2D eigenvalue weighted by Gasteiger charge is -2.36. The minimum Gasteiger partial charge on any atom is -0.458 e. The van der Waals surface area contributed by atoms with E-state index in [1.54, 1.807) is 0 Å². The third-order valence-corrected chi connectivity index (χ3v) is 4.40. The highest BCUT2D eigenvalue weighted by atomic mass is 35.5. The van der Waals surface area contributed by atoms with Gasteiger partial charge < -0.3 is 14.4 Å². The number of fused-ring (bicyclic) bond motifs is 1. The van der Waals surface area contributed by atoms with Gasteiger partial charge in [0.15, 0.2) is 0 Å². The second-order valence-electron chi connectivity index (χ2n) is 5.67. The lowest BCUT2D eigenvalue weighted by atomic mass is 9.89. The molecule has 1 aromatic heterocycles. The predicted molar refractivity (Wildman–Crippen MR) is 81.1 cm³/mol. The largest absolute Gasteiger partial charge is 0.458 e. The number of piperidine rings is 1. The van der Waals surface area contributed by atoms with Gasteiger partial charge in [-0.05, 0) is 50.1 Å². The Morgan fingerprint density at radius 3 is 2.75 bits per heavy atom. The van der Waals surface area contributed by atoms with E-state index in [2.05, 4.69) is 11.8 Å². The highest BCUT2D eigenvalue weighted by Crippen LogP contribution is 2.36. The molecule has 0 bridgehead atoms. The Kier molecular flexibility index (Phi) is 3.76. The first-order valence-corrected chi connectivity index (χ1v) is 7.63. The van der Waals surface area contributed by atoms with Gasteiger partial charge in [-0.2, -0.15) is 0 Å². The van der Waals surface area contributed by atoms with E-state index in [1.165, 1.54) is 0 Å². The number of hydrogen-bond donors (Lipinski definition) is 1.